The second-order valence-corrected chi connectivity index (χ2v) is 5.09. The third-order valence-electron chi connectivity index (χ3n) is 3.34. The van der Waals surface area contributed by atoms with E-state index in [4.69, 9.17) is 9.47 Å². The number of phenolic OH excluding ortho intramolecular Hbond substituents is 2. The Morgan fingerprint density at radius 1 is 0.958 bits per heavy atom. The van der Waals surface area contributed by atoms with Crippen LogP contribution in [-0.4, -0.2) is 27.3 Å². The smallest absolute Gasteiger partial charge is 0.217 e. The molecule has 0 bridgehead atoms. The van der Waals surface area contributed by atoms with Crippen LogP contribution in [0.15, 0.2) is 54.7 Å². The Bertz CT molecular complexity index is 814. The number of nitrogens with zero attached hydrogens (tertiary/aromatic N) is 2. The van der Waals surface area contributed by atoms with Gasteiger partial charge in [0.2, 0.25) is 5.88 Å². The van der Waals surface area contributed by atoms with Gasteiger partial charge in [0.25, 0.3) is 0 Å². The Morgan fingerprint density at radius 2 is 1.67 bits per heavy atom. The van der Waals surface area contributed by atoms with Crippen LogP contribution in [0.2, 0.25) is 0 Å². The Kier molecular flexibility index (Phi) is 4.47. The van der Waals surface area contributed by atoms with E-state index in [0.29, 0.717) is 23.9 Å². The molecule has 3 aromatic rings. The first kappa shape index (κ1) is 15.6. The highest BCUT2D eigenvalue weighted by atomic mass is 16.5. The minimum absolute atomic E-state index is 0.0573. The maximum absolute atomic E-state index is 9.56. The second-order valence-electron chi connectivity index (χ2n) is 5.09. The molecule has 2 N–H and O–H groups in total. The number of benzene rings is 2. The summed E-state index contributed by atoms with van der Waals surface area (Å²) in [7, 11) is 1.62. The average Bonchev–Trinajstić information content (AvgIpc) is 2.60. The summed E-state index contributed by atoms with van der Waals surface area (Å²) in [4.78, 5) is 8.43. The Morgan fingerprint density at radius 3 is 2.33 bits per heavy atom. The van der Waals surface area contributed by atoms with Crippen molar-refractivity contribution < 1.29 is 19.7 Å². The Balaban J connectivity index is 1.75. The summed E-state index contributed by atoms with van der Waals surface area (Å²) in [6.07, 6.45) is 1.56. The van der Waals surface area contributed by atoms with E-state index >= 15 is 0 Å². The molecule has 6 heteroatoms. The highest BCUT2D eigenvalue weighted by Gasteiger charge is 2.07. The maximum atomic E-state index is 9.56. The summed E-state index contributed by atoms with van der Waals surface area (Å²) in [6.45, 7) is 0.353. The predicted molar refractivity (Wildman–Crippen MR) is 88.1 cm³/mol. The van der Waals surface area contributed by atoms with Crippen LogP contribution in [-0.2, 0) is 6.61 Å². The van der Waals surface area contributed by atoms with Crippen molar-refractivity contribution >= 4 is 0 Å². The molecule has 0 amide bonds. The van der Waals surface area contributed by atoms with Gasteiger partial charge in [0.15, 0.2) is 5.82 Å². The monoisotopic (exact) mass is 324 g/mol. The molecule has 1 heterocycles. The minimum Gasteiger partial charge on any atom is -0.508 e. The molecule has 24 heavy (non-hydrogen) atoms. The SMILES string of the molecule is COc1ccc(COc2ccnc(-c3cc(O)cc(O)c3)n2)cc1. The van der Waals surface area contributed by atoms with Gasteiger partial charge in [-0.1, -0.05) is 12.1 Å². The number of hydrogen-bond acceptors (Lipinski definition) is 6. The predicted octanol–water partition coefficient (Wildman–Crippen LogP) is 3.14. The number of methoxy groups -OCH3 is 1. The molecular formula is C18H16N2O4. The number of rotatable bonds is 5. The van der Waals surface area contributed by atoms with Gasteiger partial charge in [-0.05, 0) is 29.8 Å². The standard InChI is InChI=1S/C18H16N2O4/c1-23-16-4-2-12(3-5-16)11-24-17-6-7-19-18(20-17)13-8-14(21)10-15(22)9-13/h2-10,21-22H,11H2,1H3. The summed E-state index contributed by atoms with van der Waals surface area (Å²) in [5.41, 5.74) is 1.48. The van der Waals surface area contributed by atoms with Crippen LogP contribution in [0.4, 0.5) is 0 Å². The molecule has 0 aliphatic carbocycles. The first-order chi connectivity index (χ1) is 11.6. The molecule has 0 radical (unpaired) electrons. The number of ether oxygens (including phenoxy) is 2. The van der Waals surface area contributed by atoms with Crippen molar-refractivity contribution in [2.75, 3.05) is 7.11 Å². The van der Waals surface area contributed by atoms with Gasteiger partial charge in [0, 0.05) is 23.9 Å². The molecular weight excluding hydrogens is 308 g/mol. The van der Waals surface area contributed by atoms with Gasteiger partial charge < -0.3 is 19.7 Å². The van der Waals surface area contributed by atoms with Gasteiger partial charge in [0.05, 0.1) is 7.11 Å². The lowest BCUT2D eigenvalue weighted by molar-refractivity contribution is 0.293. The summed E-state index contributed by atoms with van der Waals surface area (Å²) >= 11 is 0. The number of aromatic hydroxyl groups is 2. The molecule has 3 rings (SSSR count). The van der Waals surface area contributed by atoms with Gasteiger partial charge in [-0.2, -0.15) is 4.98 Å². The van der Waals surface area contributed by atoms with Crippen LogP contribution in [0.3, 0.4) is 0 Å². The van der Waals surface area contributed by atoms with E-state index in [0.717, 1.165) is 11.3 Å². The van der Waals surface area contributed by atoms with E-state index in [1.165, 1.54) is 18.2 Å². The van der Waals surface area contributed by atoms with Crippen molar-refractivity contribution in [2.45, 2.75) is 6.61 Å². The fraction of sp³-hybridized carbons (Fsp3) is 0.111. The van der Waals surface area contributed by atoms with Crippen molar-refractivity contribution in [2.24, 2.45) is 0 Å². The molecule has 1 aromatic heterocycles. The molecule has 0 aliphatic rings. The zero-order valence-electron chi connectivity index (χ0n) is 13.0. The van der Waals surface area contributed by atoms with Crippen LogP contribution in [0.25, 0.3) is 11.4 Å². The molecule has 122 valence electrons. The van der Waals surface area contributed by atoms with E-state index in [1.54, 1.807) is 19.4 Å². The lowest BCUT2D eigenvalue weighted by atomic mass is 10.2. The van der Waals surface area contributed by atoms with E-state index in [-0.39, 0.29) is 11.5 Å². The average molecular weight is 324 g/mol. The molecule has 2 aromatic carbocycles. The molecule has 0 saturated heterocycles. The van der Waals surface area contributed by atoms with Crippen molar-refractivity contribution in [1.82, 2.24) is 9.97 Å². The van der Waals surface area contributed by atoms with E-state index < -0.39 is 0 Å². The number of aromatic nitrogens is 2. The Labute approximate surface area is 139 Å². The van der Waals surface area contributed by atoms with Crippen LogP contribution in [0, 0.1) is 0 Å². The van der Waals surface area contributed by atoms with Gasteiger partial charge >= 0.3 is 0 Å². The molecule has 0 spiro atoms. The third-order valence-corrected chi connectivity index (χ3v) is 3.34. The van der Waals surface area contributed by atoms with Crippen molar-refractivity contribution in [3.05, 3.63) is 60.3 Å². The third kappa shape index (κ3) is 3.73. The fourth-order valence-corrected chi connectivity index (χ4v) is 2.16. The number of phenols is 2. The van der Waals surface area contributed by atoms with Crippen LogP contribution in [0.5, 0.6) is 23.1 Å². The van der Waals surface area contributed by atoms with Crippen LogP contribution in [0.1, 0.15) is 5.56 Å². The van der Waals surface area contributed by atoms with E-state index in [1.807, 2.05) is 24.3 Å². The molecule has 0 saturated carbocycles. The van der Waals surface area contributed by atoms with Gasteiger partial charge in [-0.3, -0.25) is 0 Å². The summed E-state index contributed by atoms with van der Waals surface area (Å²) < 4.78 is 10.8. The number of hydrogen-bond donors (Lipinski definition) is 2. The molecule has 0 aliphatic heterocycles. The van der Waals surface area contributed by atoms with Crippen LogP contribution < -0.4 is 9.47 Å². The van der Waals surface area contributed by atoms with Crippen LogP contribution >= 0.6 is 0 Å². The lowest BCUT2D eigenvalue weighted by Gasteiger charge is -2.08. The normalized spacial score (nSPS) is 10.4. The molecule has 0 fully saturated rings. The maximum Gasteiger partial charge on any atom is 0.217 e. The first-order valence-corrected chi connectivity index (χ1v) is 7.26. The quantitative estimate of drug-likeness (QED) is 0.750. The fourth-order valence-electron chi connectivity index (χ4n) is 2.16. The lowest BCUT2D eigenvalue weighted by Crippen LogP contribution is -1.99. The second kappa shape index (κ2) is 6.87. The van der Waals surface area contributed by atoms with E-state index in [9.17, 15) is 10.2 Å². The highest BCUT2D eigenvalue weighted by molar-refractivity contribution is 5.60. The molecule has 0 atom stereocenters. The van der Waals surface area contributed by atoms with Crippen molar-refractivity contribution in [3.63, 3.8) is 0 Å². The highest BCUT2D eigenvalue weighted by Crippen LogP contribution is 2.27. The van der Waals surface area contributed by atoms with Gasteiger partial charge in [0.1, 0.15) is 23.9 Å². The summed E-state index contributed by atoms with van der Waals surface area (Å²) in [6, 6.07) is 13.4. The largest absolute Gasteiger partial charge is 0.508 e. The van der Waals surface area contributed by atoms with Crippen molar-refractivity contribution in [3.8, 4) is 34.5 Å². The topological polar surface area (TPSA) is 84.7 Å². The molecule has 0 unspecified atom stereocenters. The minimum atomic E-state index is -0.0573. The zero-order chi connectivity index (χ0) is 16.9. The van der Waals surface area contributed by atoms with E-state index in [2.05, 4.69) is 9.97 Å². The van der Waals surface area contributed by atoms with Gasteiger partial charge in [-0.15, -0.1) is 0 Å². The first-order valence-electron chi connectivity index (χ1n) is 7.26. The summed E-state index contributed by atoms with van der Waals surface area (Å²) in [5, 5.41) is 19.1. The zero-order valence-corrected chi connectivity index (χ0v) is 13.0. The molecule has 6 nitrogen and oxygen atoms in total. The van der Waals surface area contributed by atoms with Gasteiger partial charge in [-0.25, -0.2) is 4.98 Å². The Hall–Kier alpha value is -3.28. The summed E-state index contributed by atoms with van der Waals surface area (Å²) in [5.74, 6) is 1.43. The van der Waals surface area contributed by atoms with Crippen molar-refractivity contribution in [1.29, 1.82) is 0 Å².